The number of allylic oxidation sites excluding steroid dienone is 1. The lowest BCUT2D eigenvalue weighted by Gasteiger charge is -2.05. The minimum absolute atomic E-state index is 0.109. The van der Waals surface area contributed by atoms with Crippen molar-refractivity contribution in [1.82, 2.24) is 0 Å². The lowest BCUT2D eigenvalue weighted by Crippen LogP contribution is -2.09. The SMILES string of the molecule is CCOC(=O)C1=C(OS(=O)(=O)F)CCC1. The number of ether oxygens (including phenoxy) is 1. The number of hydrogen-bond acceptors (Lipinski definition) is 5. The van der Waals surface area contributed by atoms with E-state index < -0.39 is 16.5 Å². The molecule has 1 aliphatic rings. The molecular weight excluding hydrogens is 227 g/mol. The number of rotatable bonds is 4. The molecule has 0 fully saturated rings. The molecule has 0 aromatic heterocycles. The first kappa shape index (κ1) is 12.0. The van der Waals surface area contributed by atoms with Gasteiger partial charge in [-0.2, -0.15) is 8.42 Å². The van der Waals surface area contributed by atoms with Crippen molar-refractivity contribution in [3.63, 3.8) is 0 Å². The van der Waals surface area contributed by atoms with Gasteiger partial charge < -0.3 is 8.92 Å². The Labute approximate surface area is 87.3 Å². The van der Waals surface area contributed by atoms with Crippen LogP contribution in [0.1, 0.15) is 26.2 Å². The van der Waals surface area contributed by atoms with Gasteiger partial charge in [0, 0.05) is 6.42 Å². The van der Waals surface area contributed by atoms with Crippen molar-refractivity contribution < 1.29 is 26.0 Å². The van der Waals surface area contributed by atoms with Gasteiger partial charge in [0.1, 0.15) is 5.76 Å². The molecule has 5 nitrogen and oxygen atoms in total. The monoisotopic (exact) mass is 238 g/mol. The Morgan fingerprint density at radius 2 is 2.13 bits per heavy atom. The van der Waals surface area contributed by atoms with Crippen molar-refractivity contribution in [2.24, 2.45) is 0 Å². The fraction of sp³-hybridized carbons (Fsp3) is 0.625. The van der Waals surface area contributed by atoms with Gasteiger partial charge in [0.2, 0.25) is 0 Å². The van der Waals surface area contributed by atoms with Gasteiger partial charge >= 0.3 is 16.5 Å². The van der Waals surface area contributed by atoms with Crippen LogP contribution >= 0.6 is 0 Å². The molecule has 7 heteroatoms. The number of carbonyl (C=O) groups is 1. The minimum Gasteiger partial charge on any atom is -0.463 e. The van der Waals surface area contributed by atoms with E-state index in [-0.39, 0.29) is 24.4 Å². The lowest BCUT2D eigenvalue weighted by molar-refractivity contribution is -0.138. The highest BCUT2D eigenvalue weighted by Crippen LogP contribution is 2.29. The Balaban J connectivity index is 2.83. The highest BCUT2D eigenvalue weighted by atomic mass is 32.3. The van der Waals surface area contributed by atoms with E-state index in [1.54, 1.807) is 6.92 Å². The van der Waals surface area contributed by atoms with Gasteiger partial charge in [0.15, 0.2) is 0 Å². The van der Waals surface area contributed by atoms with Crippen molar-refractivity contribution in [3.8, 4) is 0 Å². The van der Waals surface area contributed by atoms with Crippen LogP contribution in [0.5, 0.6) is 0 Å². The van der Waals surface area contributed by atoms with Crippen LogP contribution in [0.4, 0.5) is 3.89 Å². The lowest BCUT2D eigenvalue weighted by atomic mass is 10.2. The van der Waals surface area contributed by atoms with E-state index >= 15 is 0 Å². The zero-order chi connectivity index (χ0) is 11.5. The molecule has 0 amide bonds. The van der Waals surface area contributed by atoms with Crippen LogP contribution in [0.25, 0.3) is 0 Å². The van der Waals surface area contributed by atoms with Crippen molar-refractivity contribution >= 4 is 16.5 Å². The van der Waals surface area contributed by atoms with E-state index in [9.17, 15) is 17.1 Å². The van der Waals surface area contributed by atoms with Crippen molar-refractivity contribution in [2.45, 2.75) is 26.2 Å². The second-order valence-corrected chi connectivity index (χ2v) is 3.91. The van der Waals surface area contributed by atoms with Gasteiger partial charge in [-0.15, -0.1) is 0 Å². The van der Waals surface area contributed by atoms with Crippen LogP contribution < -0.4 is 0 Å². The van der Waals surface area contributed by atoms with Crippen LogP contribution in [0, 0.1) is 0 Å². The smallest absolute Gasteiger partial charge is 0.463 e. The molecule has 0 bridgehead atoms. The molecule has 0 aromatic rings. The summed E-state index contributed by atoms with van der Waals surface area (Å²) in [6, 6.07) is 0. The molecule has 1 rings (SSSR count). The molecule has 0 spiro atoms. The normalized spacial score (nSPS) is 16.7. The van der Waals surface area contributed by atoms with Gasteiger partial charge in [-0.05, 0) is 19.8 Å². The third-order valence-corrected chi connectivity index (χ3v) is 2.29. The van der Waals surface area contributed by atoms with Gasteiger partial charge in [-0.3, -0.25) is 0 Å². The van der Waals surface area contributed by atoms with Crippen molar-refractivity contribution in [1.29, 1.82) is 0 Å². The van der Waals surface area contributed by atoms with Crippen molar-refractivity contribution in [2.75, 3.05) is 6.61 Å². The fourth-order valence-corrected chi connectivity index (χ4v) is 1.79. The summed E-state index contributed by atoms with van der Waals surface area (Å²) < 4.78 is 41.4. The maximum Gasteiger partial charge on any atom is 0.488 e. The number of halogens is 1. The topological polar surface area (TPSA) is 69.7 Å². The standard InChI is InChI=1S/C8H11FO5S/c1-2-13-8(10)6-4-3-5-7(6)14-15(9,11)12/h2-5H2,1H3. The Bertz CT molecular complexity index is 384. The summed E-state index contributed by atoms with van der Waals surface area (Å²) in [4.78, 5) is 11.3. The first-order valence-electron chi connectivity index (χ1n) is 4.47. The second-order valence-electron chi connectivity index (χ2n) is 2.95. The van der Waals surface area contributed by atoms with E-state index in [1.807, 2.05) is 0 Å². The van der Waals surface area contributed by atoms with E-state index in [1.165, 1.54) is 0 Å². The van der Waals surface area contributed by atoms with Crippen LogP contribution in [-0.4, -0.2) is 21.0 Å². The number of hydrogen-bond donors (Lipinski definition) is 0. The first-order valence-corrected chi connectivity index (χ1v) is 5.78. The Kier molecular flexibility index (Phi) is 3.67. The molecule has 0 aliphatic heterocycles. The summed E-state index contributed by atoms with van der Waals surface area (Å²) in [6.07, 6.45) is 1.14. The molecule has 0 aromatic carbocycles. The van der Waals surface area contributed by atoms with Gasteiger partial charge in [0.05, 0.1) is 12.2 Å². The summed E-state index contributed by atoms with van der Waals surface area (Å²) in [6.45, 7) is 1.80. The number of esters is 1. The summed E-state index contributed by atoms with van der Waals surface area (Å²) >= 11 is 0. The average Bonchev–Trinajstić information content (AvgIpc) is 2.49. The predicted molar refractivity (Wildman–Crippen MR) is 48.6 cm³/mol. The zero-order valence-corrected chi connectivity index (χ0v) is 8.97. The third-order valence-electron chi connectivity index (χ3n) is 1.89. The molecule has 0 atom stereocenters. The molecule has 1 aliphatic carbocycles. The molecule has 86 valence electrons. The second kappa shape index (κ2) is 4.61. The zero-order valence-electron chi connectivity index (χ0n) is 8.16. The summed E-state index contributed by atoms with van der Waals surface area (Å²) in [5, 5.41) is 0. The summed E-state index contributed by atoms with van der Waals surface area (Å²) in [5.74, 6) is -0.787. The molecule has 15 heavy (non-hydrogen) atoms. The van der Waals surface area contributed by atoms with Crippen LogP contribution in [0.15, 0.2) is 11.3 Å². The largest absolute Gasteiger partial charge is 0.488 e. The maximum absolute atomic E-state index is 12.2. The third kappa shape index (κ3) is 3.50. The molecule has 0 saturated heterocycles. The summed E-state index contributed by atoms with van der Waals surface area (Å²) in [7, 11) is -5.05. The molecule has 0 N–H and O–H groups in total. The quantitative estimate of drug-likeness (QED) is 0.544. The van der Waals surface area contributed by atoms with Crippen LogP contribution in [0.2, 0.25) is 0 Å². The van der Waals surface area contributed by atoms with Gasteiger partial charge in [0.25, 0.3) is 0 Å². The van der Waals surface area contributed by atoms with E-state index in [4.69, 9.17) is 0 Å². The molecule has 0 saturated carbocycles. The van der Waals surface area contributed by atoms with E-state index in [0.717, 1.165) is 0 Å². The van der Waals surface area contributed by atoms with Crippen LogP contribution in [0.3, 0.4) is 0 Å². The van der Waals surface area contributed by atoms with E-state index in [0.29, 0.717) is 12.8 Å². The van der Waals surface area contributed by atoms with Gasteiger partial charge in [-0.1, -0.05) is 3.89 Å². The van der Waals surface area contributed by atoms with Crippen molar-refractivity contribution in [3.05, 3.63) is 11.3 Å². The Hall–Kier alpha value is -1.11. The molecule has 0 radical (unpaired) electrons. The van der Waals surface area contributed by atoms with Crippen LogP contribution in [-0.2, 0) is 24.2 Å². The predicted octanol–water partition coefficient (Wildman–Crippen LogP) is 1.22. The fourth-order valence-electron chi connectivity index (χ4n) is 1.36. The van der Waals surface area contributed by atoms with Gasteiger partial charge in [-0.25, -0.2) is 4.79 Å². The number of carbonyl (C=O) groups excluding carboxylic acids is 1. The first-order chi connectivity index (χ1) is 6.94. The Morgan fingerprint density at radius 1 is 1.47 bits per heavy atom. The molecular formula is C8H11FO5S. The summed E-state index contributed by atoms with van der Waals surface area (Å²) in [5.41, 5.74) is 0.109. The maximum atomic E-state index is 12.2. The highest BCUT2D eigenvalue weighted by Gasteiger charge is 2.26. The Morgan fingerprint density at radius 3 is 2.67 bits per heavy atom. The van der Waals surface area contributed by atoms with E-state index in [2.05, 4.69) is 8.92 Å². The average molecular weight is 238 g/mol. The molecule has 0 unspecified atom stereocenters. The highest BCUT2D eigenvalue weighted by molar-refractivity contribution is 7.81. The molecule has 0 heterocycles. The minimum atomic E-state index is -5.05.